The molecule has 1 atom stereocenters. The van der Waals surface area contributed by atoms with Gasteiger partial charge >= 0.3 is 0 Å². The molecule has 0 saturated carbocycles. The Balaban J connectivity index is 1.28. The highest BCUT2D eigenvalue weighted by Crippen LogP contribution is 2.20. The van der Waals surface area contributed by atoms with E-state index in [1.165, 1.54) is 11.3 Å². The number of quaternary nitrogens is 1. The van der Waals surface area contributed by atoms with Crippen LogP contribution in [0.15, 0.2) is 84.9 Å². The van der Waals surface area contributed by atoms with E-state index < -0.39 is 0 Å². The maximum absolute atomic E-state index is 12.8. The van der Waals surface area contributed by atoms with Gasteiger partial charge in [-0.2, -0.15) is 0 Å². The molecule has 32 heavy (non-hydrogen) atoms. The first-order valence-corrected chi connectivity index (χ1v) is 11.4. The number of para-hydroxylation sites is 1. The lowest BCUT2D eigenvalue weighted by atomic mass is 10.2. The summed E-state index contributed by atoms with van der Waals surface area (Å²) in [6, 6.07) is 28.6. The first-order valence-electron chi connectivity index (χ1n) is 11.4. The molecule has 0 bridgehead atoms. The summed E-state index contributed by atoms with van der Waals surface area (Å²) in [6.45, 7) is 7.42. The van der Waals surface area contributed by atoms with Crippen LogP contribution >= 0.6 is 0 Å². The predicted molar refractivity (Wildman–Crippen MR) is 132 cm³/mol. The number of amides is 1. The van der Waals surface area contributed by atoms with Crippen LogP contribution in [-0.4, -0.2) is 45.2 Å². The molecule has 1 heterocycles. The molecular weight excluding hydrogens is 396 g/mol. The quantitative estimate of drug-likeness (QED) is 0.607. The maximum atomic E-state index is 12.8. The van der Waals surface area contributed by atoms with Crippen molar-refractivity contribution < 1.29 is 9.69 Å². The summed E-state index contributed by atoms with van der Waals surface area (Å²) in [4.78, 5) is 18.6. The van der Waals surface area contributed by atoms with Gasteiger partial charge in [0.1, 0.15) is 12.6 Å². The smallest absolute Gasteiger partial charge is 0.248 e. The van der Waals surface area contributed by atoms with Gasteiger partial charge in [-0.3, -0.25) is 4.79 Å². The fourth-order valence-electron chi connectivity index (χ4n) is 4.29. The van der Waals surface area contributed by atoms with Gasteiger partial charge in [-0.05, 0) is 43.3 Å². The number of rotatable bonds is 7. The average molecular weight is 430 g/mol. The molecule has 0 spiro atoms. The molecule has 5 heteroatoms. The second kappa shape index (κ2) is 10.3. The number of hydrogen-bond donors (Lipinski definition) is 2. The summed E-state index contributed by atoms with van der Waals surface area (Å²) >= 11 is 0. The Hall–Kier alpha value is -3.31. The lowest BCUT2D eigenvalue weighted by Crippen LogP contribution is -3.13. The number of nitrogens with one attached hydrogen (secondary N) is 2. The molecule has 166 valence electrons. The summed E-state index contributed by atoms with van der Waals surface area (Å²) in [6.07, 6.45) is 0. The van der Waals surface area contributed by atoms with E-state index in [4.69, 9.17) is 0 Å². The van der Waals surface area contributed by atoms with E-state index in [0.29, 0.717) is 0 Å². The third-order valence-corrected chi connectivity index (χ3v) is 6.23. The van der Waals surface area contributed by atoms with Crippen molar-refractivity contribution in [1.82, 2.24) is 0 Å². The lowest BCUT2D eigenvalue weighted by molar-refractivity contribution is -0.914. The van der Waals surface area contributed by atoms with Crippen molar-refractivity contribution in [2.75, 3.05) is 48.3 Å². The SMILES string of the molecule is C[C@H](Nc1ccc(N2CC[NH+](Cc3ccccc3)CC2)cc1)C(=O)N(C)c1ccccc1. The average Bonchev–Trinajstić information content (AvgIpc) is 2.85. The third kappa shape index (κ3) is 5.48. The van der Waals surface area contributed by atoms with E-state index in [-0.39, 0.29) is 11.9 Å². The fraction of sp³-hybridized carbons (Fsp3) is 0.296. The van der Waals surface area contributed by atoms with Crippen molar-refractivity contribution in [2.24, 2.45) is 0 Å². The summed E-state index contributed by atoms with van der Waals surface area (Å²) < 4.78 is 0. The van der Waals surface area contributed by atoms with Gasteiger partial charge in [-0.25, -0.2) is 0 Å². The highest BCUT2D eigenvalue weighted by molar-refractivity contribution is 5.98. The van der Waals surface area contributed by atoms with Gasteiger partial charge in [-0.15, -0.1) is 0 Å². The largest absolute Gasteiger partial charge is 0.374 e. The van der Waals surface area contributed by atoms with Gasteiger partial charge in [0.15, 0.2) is 0 Å². The zero-order chi connectivity index (χ0) is 22.3. The van der Waals surface area contributed by atoms with Gasteiger partial charge in [0.25, 0.3) is 0 Å². The molecule has 1 amide bonds. The molecule has 2 N–H and O–H groups in total. The van der Waals surface area contributed by atoms with Gasteiger partial charge in [0, 0.05) is 29.7 Å². The van der Waals surface area contributed by atoms with Crippen LogP contribution in [0.1, 0.15) is 12.5 Å². The number of piperazine rings is 1. The number of anilines is 3. The van der Waals surface area contributed by atoms with Crippen LogP contribution in [0.5, 0.6) is 0 Å². The second-order valence-electron chi connectivity index (χ2n) is 8.55. The Morgan fingerprint density at radius 2 is 1.53 bits per heavy atom. The monoisotopic (exact) mass is 429 g/mol. The molecule has 3 aromatic carbocycles. The zero-order valence-electron chi connectivity index (χ0n) is 19.0. The number of hydrogen-bond acceptors (Lipinski definition) is 3. The minimum Gasteiger partial charge on any atom is -0.374 e. The van der Waals surface area contributed by atoms with Crippen molar-refractivity contribution >= 4 is 23.0 Å². The van der Waals surface area contributed by atoms with Gasteiger partial charge < -0.3 is 20.0 Å². The highest BCUT2D eigenvalue weighted by Gasteiger charge is 2.21. The van der Waals surface area contributed by atoms with Crippen LogP contribution in [-0.2, 0) is 11.3 Å². The van der Waals surface area contributed by atoms with Crippen molar-refractivity contribution in [3.63, 3.8) is 0 Å². The summed E-state index contributed by atoms with van der Waals surface area (Å²) in [5.74, 6) is 0.0396. The minimum absolute atomic E-state index is 0.0396. The zero-order valence-corrected chi connectivity index (χ0v) is 19.0. The molecule has 1 aliphatic rings. The summed E-state index contributed by atoms with van der Waals surface area (Å²) in [7, 11) is 1.82. The van der Waals surface area contributed by atoms with E-state index >= 15 is 0 Å². The first-order chi connectivity index (χ1) is 15.6. The molecule has 0 radical (unpaired) electrons. The molecule has 3 aromatic rings. The maximum Gasteiger partial charge on any atom is 0.248 e. The van der Waals surface area contributed by atoms with Crippen molar-refractivity contribution in [3.05, 3.63) is 90.5 Å². The molecule has 0 aromatic heterocycles. The van der Waals surface area contributed by atoms with Crippen molar-refractivity contribution in [2.45, 2.75) is 19.5 Å². The third-order valence-electron chi connectivity index (χ3n) is 6.23. The van der Waals surface area contributed by atoms with Crippen LogP contribution in [0.4, 0.5) is 17.1 Å². The Morgan fingerprint density at radius 3 is 2.16 bits per heavy atom. The summed E-state index contributed by atoms with van der Waals surface area (Å²) in [5, 5.41) is 3.34. The molecule has 0 aliphatic carbocycles. The van der Waals surface area contributed by atoms with Crippen molar-refractivity contribution in [3.8, 4) is 0 Å². The van der Waals surface area contributed by atoms with Crippen molar-refractivity contribution in [1.29, 1.82) is 0 Å². The fourth-order valence-corrected chi connectivity index (χ4v) is 4.29. The molecule has 5 nitrogen and oxygen atoms in total. The lowest BCUT2D eigenvalue weighted by Gasteiger charge is -2.33. The molecule has 1 aliphatic heterocycles. The van der Waals surface area contributed by atoms with E-state index in [2.05, 4.69) is 64.8 Å². The van der Waals surface area contributed by atoms with Gasteiger partial charge in [0.05, 0.1) is 26.2 Å². The van der Waals surface area contributed by atoms with Crippen LogP contribution in [0, 0.1) is 0 Å². The molecule has 0 unspecified atom stereocenters. The summed E-state index contributed by atoms with van der Waals surface area (Å²) in [5.41, 5.74) is 4.52. The molecule has 1 saturated heterocycles. The molecule has 4 rings (SSSR count). The minimum atomic E-state index is -0.309. The van der Waals surface area contributed by atoms with Crippen LogP contribution < -0.4 is 20.0 Å². The standard InChI is InChI=1S/C27H32N4O/c1-22(27(32)29(2)25-11-7-4-8-12-25)28-24-13-15-26(16-14-24)31-19-17-30(18-20-31)21-23-9-5-3-6-10-23/h3-16,22,28H,17-21H2,1-2H3/p+1/t22-/m0/s1. The Morgan fingerprint density at radius 1 is 0.938 bits per heavy atom. The number of benzene rings is 3. The van der Waals surface area contributed by atoms with E-state index in [1.54, 1.807) is 9.80 Å². The Labute approximate surface area is 191 Å². The highest BCUT2D eigenvalue weighted by atomic mass is 16.2. The predicted octanol–water partition coefficient (Wildman–Crippen LogP) is 3.06. The number of nitrogens with zero attached hydrogens (tertiary/aromatic N) is 2. The first kappa shape index (κ1) is 21.9. The molecular formula is C27H33N4O+. The van der Waals surface area contributed by atoms with E-state index in [1.807, 2.05) is 44.3 Å². The van der Waals surface area contributed by atoms with Crippen LogP contribution in [0.3, 0.4) is 0 Å². The second-order valence-corrected chi connectivity index (χ2v) is 8.55. The van der Waals surface area contributed by atoms with Gasteiger partial charge in [0.2, 0.25) is 5.91 Å². The number of carbonyl (C=O) groups excluding carboxylic acids is 1. The van der Waals surface area contributed by atoms with Crippen LogP contribution in [0.2, 0.25) is 0 Å². The Bertz CT molecular complexity index is 983. The number of likely N-dealkylation sites (N-methyl/N-ethyl adjacent to an activating group) is 1. The molecule has 1 fully saturated rings. The van der Waals surface area contributed by atoms with Gasteiger partial charge in [-0.1, -0.05) is 48.5 Å². The van der Waals surface area contributed by atoms with E-state index in [9.17, 15) is 4.79 Å². The Kier molecular flexibility index (Phi) is 7.07. The number of carbonyl (C=O) groups is 1. The van der Waals surface area contributed by atoms with Crippen LogP contribution in [0.25, 0.3) is 0 Å². The topological polar surface area (TPSA) is 40.0 Å². The van der Waals surface area contributed by atoms with E-state index in [0.717, 1.165) is 44.1 Å². The normalized spacial score (nSPS) is 15.2.